The molecular formula is C10H15N3O2. The number of hydrogen-bond donors (Lipinski definition) is 2. The number of rotatable bonds is 3. The first-order valence-electron chi connectivity index (χ1n) is 4.98. The molecule has 0 spiro atoms. The highest BCUT2D eigenvalue weighted by atomic mass is 16.6. The lowest BCUT2D eigenvalue weighted by atomic mass is 10.3. The van der Waals surface area contributed by atoms with Gasteiger partial charge in [0.1, 0.15) is 0 Å². The Morgan fingerprint density at radius 3 is 3.13 bits per heavy atom. The summed E-state index contributed by atoms with van der Waals surface area (Å²) in [5, 5.41) is 3.21. The van der Waals surface area contributed by atoms with Crippen molar-refractivity contribution in [2.45, 2.75) is 6.10 Å². The van der Waals surface area contributed by atoms with E-state index in [0.717, 1.165) is 5.69 Å². The van der Waals surface area contributed by atoms with E-state index >= 15 is 0 Å². The molecule has 1 unspecified atom stereocenters. The van der Waals surface area contributed by atoms with E-state index in [0.29, 0.717) is 32.1 Å². The van der Waals surface area contributed by atoms with Crippen molar-refractivity contribution < 1.29 is 9.47 Å². The summed E-state index contributed by atoms with van der Waals surface area (Å²) in [6, 6.07) is 1.84. The van der Waals surface area contributed by atoms with Crippen LogP contribution in [0.15, 0.2) is 18.5 Å². The molecule has 1 aromatic rings. The zero-order valence-electron chi connectivity index (χ0n) is 8.48. The standard InChI is InChI=1S/C10H15N3O2/c11-8-3-9(5-12-4-8)13-6-10-7-14-1-2-15-10/h3-5,10,13H,1-2,6-7,11H2. The van der Waals surface area contributed by atoms with Crippen LogP contribution in [0.25, 0.3) is 0 Å². The van der Waals surface area contributed by atoms with Crippen molar-refractivity contribution in [2.75, 3.05) is 37.4 Å². The fraction of sp³-hybridized carbons (Fsp3) is 0.500. The number of nitrogens with one attached hydrogen (secondary N) is 1. The van der Waals surface area contributed by atoms with E-state index in [4.69, 9.17) is 15.2 Å². The third kappa shape index (κ3) is 3.07. The van der Waals surface area contributed by atoms with Gasteiger partial charge in [-0.2, -0.15) is 0 Å². The second kappa shape index (κ2) is 4.95. The molecule has 3 N–H and O–H groups in total. The minimum absolute atomic E-state index is 0.111. The largest absolute Gasteiger partial charge is 0.397 e. The molecule has 0 aliphatic carbocycles. The summed E-state index contributed by atoms with van der Waals surface area (Å²) in [5.41, 5.74) is 7.17. The molecule has 1 aliphatic heterocycles. The lowest BCUT2D eigenvalue weighted by Gasteiger charge is -2.23. The van der Waals surface area contributed by atoms with E-state index in [-0.39, 0.29) is 6.10 Å². The summed E-state index contributed by atoms with van der Waals surface area (Å²) in [6.45, 7) is 2.71. The zero-order chi connectivity index (χ0) is 10.5. The Hall–Kier alpha value is -1.33. The van der Waals surface area contributed by atoms with Crippen molar-refractivity contribution in [1.29, 1.82) is 0 Å². The van der Waals surface area contributed by atoms with Gasteiger partial charge in [0.15, 0.2) is 0 Å². The van der Waals surface area contributed by atoms with Crippen molar-refractivity contribution in [1.82, 2.24) is 4.98 Å². The van der Waals surface area contributed by atoms with E-state index < -0.39 is 0 Å². The normalized spacial score (nSPS) is 21.2. The van der Waals surface area contributed by atoms with Crippen LogP contribution < -0.4 is 11.1 Å². The van der Waals surface area contributed by atoms with Crippen LogP contribution in [0.1, 0.15) is 0 Å². The number of nitrogen functional groups attached to an aromatic ring is 1. The van der Waals surface area contributed by atoms with E-state index in [1.807, 2.05) is 6.07 Å². The maximum absolute atomic E-state index is 5.61. The van der Waals surface area contributed by atoms with Gasteiger partial charge in [0.25, 0.3) is 0 Å². The second-order valence-electron chi connectivity index (χ2n) is 3.46. The molecule has 15 heavy (non-hydrogen) atoms. The molecule has 0 bridgehead atoms. The SMILES string of the molecule is Nc1cncc(NCC2COCCO2)c1. The van der Waals surface area contributed by atoms with Gasteiger partial charge in [0.05, 0.1) is 43.5 Å². The topological polar surface area (TPSA) is 69.4 Å². The molecule has 1 aromatic heterocycles. The van der Waals surface area contributed by atoms with Crippen molar-refractivity contribution in [3.63, 3.8) is 0 Å². The molecule has 0 saturated carbocycles. The minimum Gasteiger partial charge on any atom is -0.397 e. The van der Waals surface area contributed by atoms with Crippen molar-refractivity contribution in [3.05, 3.63) is 18.5 Å². The maximum atomic E-state index is 5.61. The Balaban J connectivity index is 1.81. The lowest BCUT2D eigenvalue weighted by molar-refractivity contribution is -0.0818. The van der Waals surface area contributed by atoms with Crippen LogP contribution in [0.4, 0.5) is 11.4 Å². The Kier molecular flexibility index (Phi) is 3.37. The number of nitrogens with zero attached hydrogens (tertiary/aromatic N) is 1. The summed E-state index contributed by atoms with van der Waals surface area (Å²) in [6.07, 6.45) is 3.46. The summed E-state index contributed by atoms with van der Waals surface area (Å²) in [7, 11) is 0. The van der Waals surface area contributed by atoms with E-state index in [1.165, 1.54) is 0 Å². The average Bonchev–Trinajstić information content (AvgIpc) is 2.28. The molecule has 0 radical (unpaired) electrons. The third-order valence-corrected chi connectivity index (χ3v) is 2.18. The van der Waals surface area contributed by atoms with E-state index in [1.54, 1.807) is 12.4 Å². The monoisotopic (exact) mass is 209 g/mol. The van der Waals surface area contributed by atoms with Gasteiger partial charge in [-0.05, 0) is 6.07 Å². The van der Waals surface area contributed by atoms with Crippen molar-refractivity contribution in [2.24, 2.45) is 0 Å². The predicted octanol–water partition coefficient (Wildman–Crippen LogP) is 0.491. The van der Waals surface area contributed by atoms with Gasteiger partial charge in [0, 0.05) is 12.7 Å². The van der Waals surface area contributed by atoms with Gasteiger partial charge in [-0.15, -0.1) is 0 Å². The Morgan fingerprint density at radius 1 is 1.47 bits per heavy atom. The molecule has 0 amide bonds. The van der Waals surface area contributed by atoms with Crippen LogP contribution in [0.3, 0.4) is 0 Å². The van der Waals surface area contributed by atoms with Gasteiger partial charge >= 0.3 is 0 Å². The fourth-order valence-electron chi connectivity index (χ4n) is 1.44. The van der Waals surface area contributed by atoms with E-state index in [9.17, 15) is 0 Å². The van der Waals surface area contributed by atoms with Crippen LogP contribution in [0.5, 0.6) is 0 Å². The number of anilines is 2. The van der Waals surface area contributed by atoms with Gasteiger partial charge in [-0.1, -0.05) is 0 Å². The highest BCUT2D eigenvalue weighted by Gasteiger charge is 2.13. The number of nitrogens with two attached hydrogens (primary N) is 1. The first-order chi connectivity index (χ1) is 7.34. The number of aromatic nitrogens is 1. The summed E-state index contributed by atoms with van der Waals surface area (Å²) in [5.74, 6) is 0. The third-order valence-electron chi connectivity index (χ3n) is 2.18. The van der Waals surface area contributed by atoms with Crippen molar-refractivity contribution in [3.8, 4) is 0 Å². The van der Waals surface area contributed by atoms with Crippen LogP contribution in [-0.2, 0) is 9.47 Å². The minimum atomic E-state index is 0.111. The zero-order valence-corrected chi connectivity index (χ0v) is 8.48. The predicted molar refractivity (Wildman–Crippen MR) is 57.7 cm³/mol. The van der Waals surface area contributed by atoms with Gasteiger partial charge < -0.3 is 20.5 Å². The van der Waals surface area contributed by atoms with Crippen LogP contribution >= 0.6 is 0 Å². The van der Waals surface area contributed by atoms with Gasteiger partial charge in [-0.25, -0.2) is 0 Å². The molecular weight excluding hydrogens is 194 g/mol. The van der Waals surface area contributed by atoms with Crippen LogP contribution in [-0.4, -0.2) is 37.5 Å². The molecule has 2 heterocycles. The molecule has 1 aliphatic rings. The van der Waals surface area contributed by atoms with E-state index in [2.05, 4.69) is 10.3 Å². The number of pyridine rings is 1. The quantitative estimate of drug-likeness (QED) is 0.758. The number of hydrogen-bond acceptors (Lipinski definition) is 5. The first kappa shape index (κ1) is 10.2. The van der Waals surface area contributed by atoms with Gasteiger partial charge in [-0.3, -0.25) is 4.98 Å². The number of ether oxygens (including phenoxy) is 2. The molecule has 5 nitrogen and oxygen atoms in total. The Labute approximate surface area is 88.6 Å². The van der Waals surface area contributed by atoms with Crippen LogP contribution in [0.2, 0.25) is 0 Å². The van der Waals surface area contributed by atoms with Gasteiger partial charge in [0.2, 0.25) is 0 Å². The first-order valence-corrected chi connectivity index (χ1v) is 4.98. The van der Waals surface area contributed by atoms with Crippen LogP contribution in [0, 0.1) is 0 Å². The molecule has 1 fully saturated rings. The Morgan fingerprint density at radius 2 is 2.40 bits per heavy atom. The highest BCUT2D eigenvalue weighted by molar-refractivity contribution is 5.51. The molecule has 2 rings (SSSR count). The summed E-state index contributed by atoms with van der Waals surface area (Å²) in [4.78, 5) is 3.99. The summed E-state index contributed by atoms with van der Waals surface area (Å²) >= 11 is 0. The smallest absolute Gasteiger partial charge is 0.0981 e. The van der Waals surface area contributed by atoms with Crippen molar-refractivity contribution >= 4 is 11.4 Å². The lowest BCUT2D eigenvalue weighted by Crippen LogP contribution is -2.34. The molecule has 82 valence electrons. The molecule has 1 atom stereocenters. The fourth-order valence-corrected chi connectivity index (χ4v) is 1.44. The highest BCUT2D eigenvalue weighted by Crippen LogP contribution is 2.10. The maximum Gasteiger partial charge on any atom is 0.0981 e. The molecule has 5 heteroatoms. The molecule has 1 saturated heterocycles. The Bertz CT molecular complexity index is 313. The average molecular weight is 209 g/mol. The summed E-state index contributed by atoms with van der Waals surface area (Å²) < 4.78 is 10.8. The second-order valence-corrected chi connectivity index (χ2v) is 3.46. The molecule has 0 aromatic carbocycles.